The van der Waals surface area contributed by atoms with Crippen LogP contribution in [0, 0.1) is 0 Å². The first kappa shape index (κ1) is 11.3. The molecule has 0 bridgehead atoms. The fourth-order valence-electron chi connectivity index (χ4n) is 0.844. The lowest BCUT2D eigenvalue weighted by molar-refractivity contribution is 0.150. The Labute approximate surface area is 95.8 Å². The maximum absolute atomic E-state index is 12.5. The normalized spacial score (nSPS) is 10.9. The Balaban J connectivity index is 3.32. The minimum absolute atomic E-state index is 0.0273. The van der Waals surface area contributed by atoms with E-state index in [1.54, 1.807) is 0 Å². The van der Waals surface area contributed by atoms with E-state index in [4.69, 9.17) is 11.6 Å². The summed E-state index contributed by atoms with van der Waals surface area (Å²) in [7, 11) is 0. The van der Waals surface area contributed by atoms with Crippen LogP contribution in [-0.2, 0) is 5.33 Å². The van der Waals surface area contributed by atoms with E-state index in [0.29, 0.717) is 4.47 Å². The standard InChI is InChI=1S/C7H4Br2ClF2N/c8-1-4-5(7(11)12)6(10)3(9)2-13-4/h2,7H,1H2. The Morgan fingerprint density at radius 3 is 2.62 bits per heavy atom. The van der Waals surface area contributed by atoms with Crippen molar-refractivity contribution in [2.24, 2.45) is 0 Å². The molecule has 1 aromatic heterocycles. The quantitative estimate of drug-likeness (QED) is 0.733. The molecule has 1 rings (SSSR count). The number of rotatable bonds is 2. The van der Waals surface area contributed by atoms with E-state index in [1.807, 2.05) is 0 Å². The van der Waals surface area contributed by atoms with Crippen molar-refractivity contribution in [3.8, 4) is 0 Å². The maximum Gasteiger partial charge on any atom is 0.267 e. The van der Waals surface area contributed by atoms with Crippen LogP contribution in [0.15, 0.2) is 10.7 Å². The summed E-state index contributed by atoms with van der Waals surface area (Å²) < 4.78 is 25.4. The van der Waals surface area contributed by atoms with E-state index >= 15 is 0 Å². The summed E-state index contributed by atoms with van der Waals surface area (Å²) in [4.78, 5) is 3.82. The molecule has 1 nitrogen and oxygen atoms in total. The second kappa shape index (κ2) is 4.66. The minimum atomic E-state index is -2.61. The van der Waals surface area contributed by atoms with Crippen molar-refractivity contribution >= 4 is 43.5 Å². The smallest absolute Gasteiger partial charge is 0.259 e. The number of alkyl halides is 3. The first-order chi connectivity index (χ1) is 6.07. The Bertz CT molecular complexity index is 320. The van der Waals surface area contributed by atoms with Gasteiger partial charge >= 0.3 is 0 Å². The summed E-state index contributed by atoms with van der Waals surface area (Å²) in [5, 5.41) is 0.291. The van der Waals surface area contributed by atoms with E-state index in [2.05, 4.69) is 36.8 Å². The van der Waals surface area contributed by atoms with Crippen molar-refractivity contribution in [1.82, 2.24) is 4.98 Å². The van der Waals surface area contributed by atoms with Gasteiger partial charge in [-0.1, -0.05) is 27.5 Å². The zero-order valence-corrected chi connectivity index (χ0v) is 10.1. The lowest BCUT2D eigenvalue weighted by Crippen LogP contribution is -1.97. The molecule has 0 atom stereocenters. The molecule has 0 fully saturated rings. The minimum Gasteiger partial charge on any atom is -0.259 e. The van der Waals surface area contributed by atoms with Gasteiger partial charge in [0, 0.05) is 11.5 Å². The van der Waals surface area contributed by atoms with Gasteiger partial charge in [-0.3, -0.25) is 4.98 Å². The zero-order valence-electron chi connectivity index (χ0n) is 6.20. The third-order valence-electron chi connectivity index (χ3n) is 1.44. The molecule has 0 aromatic carbocycles. The second-order valence-corrected chi connectivity index (χ2v) is 4.01. The van der Waals surface area contributed by atoms with Crippen LogP contribution in [-0.4, -0.2) is 4.98 Å². The first-order valence-electron chi connectivity index (χ1n) is 3.24. The van der Waals surface area contributed by atoms with Crippen molar-refractivity contribution in [2.75, 3.05) is 0 Å². The Kier molecular flexibility index (Phi) is 4.06. The largest absolute Gasteiger partial charge is 0.267 e. The first-order valence-corrected chi connectivity index (χ1v) is 5.54. The second-order valence-electron chi connectivity index (χ2n) is 2.21. The molecule has 1 aromatic rings. The van der Waals surface area contributed by atoms with Crippen LogP contribution in [0.25, 0.3) is 0 Å². The van der Waals surface area contributed by atoms with E-state index < -0.39 is 6.43 Å². The van der Waals surface area contributed by atoms with Gasteiger partial charge < -0.3 is 0 Å². The molecule has 0 aliphatic carbocycles. The Hall–Kier alpha value is 0.260. The molecule has 0 unspecified atom stereocenters. The fourth-order valence-corrected chi connectivity index (χ4v) is 1.85. The lowest BCUT2D eigenvalue weighted by Gasteiger charge is -2.08. The van der Waals surface area contributed by atoms with Gasteiger partial charge in [0.25, 0.3) is 6.43 Å². The van der Waals surface area contributed by atoms with Gasteiger partial charge in [-0.15, -0.1) is 0 Å². The number of aromatic nitrogens is 1. The van der Waals surface area contributed by atoms with Gasteiger partial charge in [0.05, 0.1) is 20.8 Å². The van der Waals surface area contributed by atoms with E-state index in [1.165, 1.54) is 6.20 Å². The summed E-state index contributed by atoms with van der Waals surface area (Å²) in [6, 6.07) is 0. The highest BCUT2D eigenvalue weighted by molar-refractivity contribution is 9.10. The van der Waals surface area contributed by atoms with Crippen LogP contribution < -0.4 is 0 Å². The van der Waals surface area contributed by atoms with Crippen LogP contribution in [0.1, 0.15) is 17.7 Å². The molecule has 13 heavy (non-hydrogen) atoms. The topological polar surface area (TPSA) is 12.9 Å². The molecule has 0 spiro atoms. The summed E-state index contributed by atoms with van der Waals surface area (Å²) >= 11 is 11.8. The molecule has 0 saturated carbocycles. The molecule has 6 heteroatoms. The summed E-state index contributed by atoms with van der Waals surface area (Å²) in [5.74, 6) is 0. The predicted molar refractivity (Wildman–Crippen MR) is 54.5 cm³/mol. The number of nitrogens with zero attached hydrogens (tertiary/aromatic N) is 1. The number of hydrogen-bond donors (Lipinski definition) is 0. The van der Waals surface area contributed by atoms with Crippen molar-refractivity contribution in [3.63, 3.8) is 0 Å². The molecule has 72 valence electrons. The molecule has 0 aliphatic rings. The summed E-state index contributed by atoms with van der Waals surface area (Å²) in [6.45, 7) is 0. The van der Waals surface area contributed by atoms with Gasteiger partial charge in [-0.2, -0.15) is 0 Å². The molecule has 0 aliphatic heterocycles. The number of hydrogen-bond acceptors (Lipinski definition) is 1. The van der Waals surface area contributed by atoms with Crippen molar-refractivity contribution in [2.45, 2.75) is 11.8 Å². The lowest BCUT2D eigenvalue weighted by atomic mass is 10.2. The van der Waals surface area contributed by atoms with Crippen LogP contribution in [0.3, 0.4) is 0 Å². The molecule has 0 amide bonds. The van der Waals surface area contributed by atoms with Crippen LogP contribution in [0.5, 0.6) is 0 Å². The predicted octanol–water partition coefficient (Wildman–Crippen LogP) is 4.33. The molecule has 0 N–H and O–H groups in total. The maximum atomic E-state index is 12.5. The van der Waals surface area contributed by atoms with Gasteiger partial charge in [-0.25, -0.2) is 8.78 Å². The third-order valence-corrected chi connectivity index (χ3v) is 3.20. The van der Waals surface area contributed by atoms with Crippen LogP contribution in [0.2, 0.25) is 5.02 Å². The zero-order chi connectivity index (χ0) is 10.0. The van der Waals surface area contributed by atoms with Gasteiger partial charge in [0.1, 0.15) is 0 Å². The molecular formula is C7H4Br2ClF2N. The average Bonchev–Trinajstić information content (AvgIpc) is 2.08. The number of pyridine rings is 1. The highest BCUT2D eigenvalue weighted by Gasteiger charge is 2.19. The highest BCUT2D eigenvalue weighted by Crippen LogP contribution is 2.34. The molecular weight excluding hydrogens is 331 g/mol. The molecule has 0 radical (unpaired) electrons. The van der Waals surface area contributed by atoms with Gasteiger partial charge in [0.2, 0.25) is 0 Å². The number of halogens is 5. The van der Waals surface area contributed by atoms with Crippen LogP contribution in [0.4, 0.5) is 8.78 Å². The van der Waals surface area contributed by atoms with E-state index in [0.717, 1.165) is 0 Å². The highest BCUT2D eigenvalue weighted by atomic mass is 79.9. The summed E-state index contributed by atoms with van der Waals surface area (Å²) in [5.41, 5.74) is 0.0520. The van der Waals surface area contributed by atoms with Crippen molar-refractivity contribution in [1.29, 1.82) is 0 Å². The van der Waals surface area contributed by atoms with Gasteiger partial charge in [-0.05, 0) is 15.9 Å². The SMILES string of the molecule is FC(F)c1c(CBr)ncc(Br)c1Cl. The summed E-state index contributed by atoms with van der Waals surface area (Å²) in [6.07, 6.45) is -1.20. The third kappa shape index (κ3) is 2.39. The van der Waals surface area contributed by atoms with Crippen molar-refractivity contribution < 1.29 is 8.78 Å². The van der Waals surface area contributed by atoms with Gasteiger partial charge in [0.15, 0.2) is 0 Å². The fraction of sp³-hybridized carbons (Fsp3) is 0.286. The van der Waals surface area contributed by atoms with E-state index in [9.17, 15) is 8.78 Å². The van der Waals surface area contributed by atoms with E-state index in [-0.39, 0.29) is 21.6 Å². The Morgan fingerprint density at radius 1 is 1.54 bits per heavy atom. The molecule has 1 heterocycles. The average molecular weight is 335 g/mol. The van der Waals surface area contributed by atoms with Crippen LogP contribution >= 0.6 is 43.5 Å². The monoisotopic (exact) mass is 333 g/mol. The Morgan fingerprint density at radius 2 is 2.15 bits per heavy atom. The molecule has 0 saturated heterocycles. The van der Waals surface area contributed by atoms with Crippen molar-refractivity contribution in [3.05, 3.63) is 26.9 Å².